The van der Waals surface area contributed by atoms with Crippen molar-refractivity contribution in [2.24, 2.45) is 0 Å². The summed E-state index contributed by atoms with van der Waals surface area (Å²) in [5.74, 6) is 0.105. The van der Waals surface area contributed by atoms with Gasteiger partial charge < -0.3 is 14.8 Å². The standard InChI is InChI=1S/C14H18F3NO3/c1-2-8-21-12-6-4-3-5-11(12)18-13(19)7-9-20-10-14(15,16)17/h3-6H,2,7-10H2,1H3,(H,18,19). The third kappa shape index (κ3) is 7.55. The van der Waals surface area contributed by atoms with Crippen molar-refractivity contribution in [2.45, 2.75) is 25.9 Å². The van der Waals surface area contributed by atoms with Crippen molar-refractivity contribution in [1.82, 2.24) is 0 Å². The third-order valence-electron chi connectivity index (χ3n) is 2.36. The number of hydrogen-bond donors (Lipinski definition) is 1. The van der Waals surface area contributed by atoms with E-state index in [4.69, 9.17) is 4.74 Å². The zero-order valence-electron chi connectivity index (χ0n) is 11.7. The van der Waals surface area contributed by atoms with Crippen LogP contribution in [0.5, 0.6) is 5.75 Å². The molecule has 7 heteroatoms. The maximum Gasteiger partial charge on any atom is 0.411 e. The number of hydrogen-bond acceptors (Lipinski definition) is 3. The number of ether oxygens (including phenoxy) is 2. The van der Waals surface area contributed by atoms with Crippen LogP contribution in [0, 0.1) is 0 Å². The number of amides is 1. The normalized spacial score (nSPS) is 11.2. The third-order valence-corrected chi connectivity index (χ3v) is 2.36. The van der Waals surface area contributed by atoms with Gasteiger partial charge in [-0.05, 0) is 18.6 Å². The second-order valence-corrected chi connectivity index (χ2v) is 4.31. The van der Waals surface area contributed by atoms with Gasteiger partial charge in [0.15, 0.2) is 0 Å². The van der Waals surface area contributed by atoms with Crippen molar-refractivity contribution < 1.29 is 27.4 Å². The van der Waals surface area contributed by atoms with Crippen LogP contribution in [0.4, 0.5) is 18.9 Å². The highest BCUT2D eigenvalue weighted by Crippen LogP contribution is 2.24. The zero-order chi connectivity index (χ0) is 15.7. The lowest BCUT2D eigenvalue weighted by Gasteiger charge is -2.12. The van der Waals surface area contributed by atoms with Gasteiger partial charge in [-0.1, -0.05) is 19.1 Å². The smallest absolute Gasteiger partial charge is 0.411 e. The molecule has 0 radical (unpaired) electrons. The topological polar surface area (TPSA) is 47.6 Å². The summed E-state index contributed by atoms with van der Waals surface area (Å²) in [5.41, 5.74) is 0.492. The molecule has 0 heterocycles. The van der Waals surface area contributed by atoms with E-state index in [0.717, 1.165) is 6.42 Å². The summed E-state index contributed by atoms with van der Waals surface area (Å²) >= 11 is 0. The molecule has 1 aromatic carbocycles. The van der Waals surface area contributed by atoms with Gasteiger partial charge in [-0.2, -0.15) is 13.2 Å². The maximum atomic E-state index is 11.9. The first-order valence-corrected chi connectivity index (χ1v) is 6.58. The zero-order valence-corrected chi connectivity index (χ0v) is 11.7. The maximum absolute atomic E-state index is 11.9. The molecule has 4 nitrogen and oxygen atoms in total. The summed E-state index contributed by atoms with van der Waals surface area (Å²) < 4.78 is 45.4. The molecule has 118 valence electrons. The molecular formula is C14H18F3NO3. The highest BCUT2D eigenvalue weighted by Gasteiger charge is 2.27. The highest BCUT2D eigenvalue weighted by atomic mass is 19.4. The molecule has 1 N–H and O–H groups in total. The minimum absolute atomic E-state index is 0.155. The lowest BCUT2D eigenvalue weighted by Crippen LogP contribution is -2.20. The summed E-state index contributed by atoms with van der Waals surface area (Å²) in [6.45, 7) is 0.834. The molecule has 0 fully saturated rings. The van der Waals surface area contributed by atoms with E-state index < -0.39 is 18.7 Å². The molecule has 0 aliphatic heterocycles. The SMILES string of the molecule is CCCOc1ccccc1NC(=O)CCOCC(F)(F)F. The van der Waals surface area contributed by atoms with E-state index in [2.05, 4.69) is 10.1 Å². The van der Waals surface area contributed by atoms with Crippen molar-refractivity contribution in [3.05, 3.63) is 24.3 Å². The first-order valence-electron chi connectivity index (χ1n) is 6.58. The first-order chi connectivity index (χ1) is 9.92. The Bertz CT molecular complexity index is 449. The minimum atomic E-state index is -4.38. The predicted molar refractivity (Wildman–Crippen MR) is 72.3 cm³/mol. The first kappa shape index (κ1) is 17.3. The number of carbonyl (C=O) groups is 1. The molecule has 0 bridgehead atoms. The van der Waals surface area contributed by atoms with Gasteiger partial charge in [-0.3, -0.25) is 4.79 Å². The number of rotatable bonds is 8. The number of benzene rings is 1. The fourth-order valence-corrected chi connectivity index (χ4v) is 1.47. The summed E-state index contributed by atoms with van der Waals surface area (Å²) in [5, 5.41) is 2.59. The van der Waals surface area contributed by atoms with E-state index in [1.807, 2.05) is 6.92 Å². The van der Waals surface area contributed by atoms with Crippen LogP contribution in [0.15, 0.2) is 24.3 Å². The van der Waals surface area contributed by atoms with Gasteiger partial charge in [0.2, 0.25) is 5.91 Å². The van der Waals surface area contributed by atoms with E-state index in [9.17, 15) is 18.0 Å². The van der Waals surface area contributed by atoms with Crippen molar-refractivity contribution in [1.29, 1.82) is 0 Å². The number of para-hydroxylation sites is 2. The fraction of sp³-hybridized carbons (Fsp3) is 0.500. The Morgan fingerprint density at radius 1 is 1.24 bits per heavy atom. The minimum Gasteiger partial charge on any atom is -0.491 e. The van der Waals surface area contributed by atoms with Crippen molar-refractivity contribution in [3.63, 3.8) is 0 Å². The van der Waals surface area contributed by atoms with E-state index in [0.29, 0.717) is 18.0 Å². The second kappa shape index (κ2) is 8.51. The molecule has 1 aromatic rings. The molecule has 21 heavy (non-hydrogen) atoms. The van der Waals surface area contributed by atoms with Crippen LogP contribution < -0.4 is 10.1 Å². The Kier molecular flexibility index (Phi) is 7.01. The quantitative estimate of drug-likeness (QED) is 0.749. The van der Waals surface area contributed by atoms with Crippen LogP contribution in [0.25, 0.3) is 0 Å². The Morgan fingerprint density at radius 2 is 1.95 bits per heavy atom. The van der Waals surface area contributed by atoms with E-state index in [1.54, 1.807) is 24.3 Å². The van der Waals surface area contributed by atoms with Gasteiger partial charge in [0.25, 0.3) is 0 Å². The summed E-state index contributed by atoms with van der Waals surface area (Å²) in [7, 11) is 0. The van der Waals surface area contributed by atoms with E-state index in [1.165, 1.54) is 0 Å². The number of halogens is 3. The number of nitrogens with one attached hydrogen (secondary N) is 1. The van der Waals surface area contributed by atoms with Crippen LogP contribution in [0.3, 0.4) is 0 Å². The molecule has 1 rings (SSSR count). The number of alkyl halides is 3. The molecule has 0 atom stereocenters. The van der Waals surface area contributed by atoms with Gasteiger partial charge in [-0.25, -0.2) is 0 Å². The second-order valence-electron chi connectivity index (χ2n) is 4.31. The summed E-state index contributed by atoms with van der Waals surface area (Å²) in [6, 6.07) is 6.88. The summed E-state index contributed by atoms with van der Waals surface area (Å²) in [4.78, 5) is 11.6. The van der Waals surface area contributed by atoms with Crippen LogP contribution in [-0.2, 0) is 9.53 Å². The lowest BCUT2D eigenvalue weighted by molar-refractivity contribution is -0.174. The van der Waals surface area contributed by atoms with Crippen LogP contribution in [0.1, 0.15) is 19.8 Å². The monoisotopic (exact) mass is 305 g/mol. The molecule has 0 unspecified atom stereocenters. The molecule has 0 saturated heterocycles. The van der Waals surface area contributed by atoms with Crippen molar-refractivity contribution >= 4 is 11.6 Å². The van der Waals surface area contributed by atoms with Gasteiger partial charge in [-0.15, -0.1) is 0 Å². The van der Waals surface area contributed by atoms with Crippen LogP contribution in [0.2, 0.25) is 0 Å². The molecular weight excluding hydrogens is 287 g/mol. The molecule has 0 aromatic heterocycles. The molecule has 0 spiro atoms. The van der Waals surface area contributed by atoms with Gasteiger partial charge in [0.05, 0.1) is 25.3 Å². The molecule has 0 aliphatic rings. The number of anilines is 1. The van der Waals surface area contributed by atoms with Gasteiger partial charge in [0, 0.05) is 0 Å². The van der Waals surface area contributed by atoms with Crippen molar-refractivity contribution in [2.75, 3.05) is 25.1 Å². The Balaban J connectivity index is 2.40. The Morgan fingerprint density at radius 3 is 2.62 bits per heavy atom. The van der Waals surface area contributed by atoms with E-state index in [-0.39, 0.29) is 13.0 Å². The predicted octanol–water partition coefficient (Wildman–Crippen LogP) is 3.38. The molecule has 0 saturated carbocycles. The largest absolute Gasteiger partial charge is 0.491 e. The molecule has 1 amide bonds. The Hall–Kier alpha value is -1.76. The average Bonchev–Trinajstić information content (AvgIpc) is 2.42. The number of carbonyl (C=O) groups excluding carboxylic acids is 1. The summed E-state index contributed by atoms with van der Waals surface area (Å²) in [6.07, 6.45) is -3.71. The van der Waals surface area contributed by atoms with Crippen LogP contribution in [-0.4, -0.2) is 31.9 Å². The van der Waals surface area contributed by atoms with Crippen LogP contribution >= 0.6 is 0 Å². The molecule has 0 aliphatic carbocycles. The Labute approximate surface area is 121 Å². The highest BCUT2D eigenvalue weighted by molar-refractivity contribution is 5.92. The lowest BCUT2D eigenvalue weighted by atomic mass is 10.3. The van der Waals surface area contributed by atoms with Gasteiger partial charge >= 0.3 is 6.18 Å². The van der Waals surface area contributed by atoms with E-state index >= 15 is 0 Å². The van der Waals surface area contributed by atoms with Crippen molar-refractivity contribution in [3.8, 4) is 5.75 Å². The van der Waals surface area contributed by atoms with Gasteiger partial charge in [0.1, 0.15) is 12.4 Å². The average molecular weight is 305 g/mol. The fourth-order valence-electron chi connectivity index (χ4n) is 1.47.